The van der Waals surface area contributed by atoms with Gasteiger partial charge in [-0.1, -0.05) is 31.5 Å². The van der Waals surface area contributed by atoms with Crippen LogP contribution in [0.1, 0.15) is 32.3 Å². The Morgan fingerprint density at radius 2 is 2.28 bits per heavy atom. The number of nitrogens with one attached hydrogen (secondary N) is 1. The molecule has 1 unspecified atom stereocenters. The van der Waals surface area contributed by atoms with Crippen LogP contribution < -0.4 is 10.2 Å². The fourth-order valence-electron chi connectivity index (χ4n) is 2.59. The van der Waals surface area contributed by atoms with E-state index in [9.17, 15) is 0 Å². The van der Waals surface area contributed by atoms with Gasteiger partial charge in [-0.15, -0.1) is 0 Å². The monoisotopic (exact) mass is 266 g/mol. The summed E-state index contributed by atoms with van der Waals surface area (Å²) in [6, 6.07) is 6.45. The van der Waals surface area contributed by atoms with Crippen molar-refractivity contribution in [3.05, 3.63) is 28.8 Å². The Bertz CT molecular complexity index is 392. The van der Waals surface area contributed by atoms with Gasteiger partial charge in [-0.05, 0) is 43.0 Å². The average Bonchev–Trinajstić information content (AvgIpc) is 2.36. The van der Waals surface area contributed by atoms with Gasteiger partial charge < -0.3 is 10.2 Å². The minimum Gasteiger partial charge on any atom is -0.370 e. The number of nitrogens with zero attached hydrogens (tertiary/aromatic N) is 1. The van der Waals surface area contributed by atoms with E-state index in [1.54, 1.807) is 0 Å². The number of piperidine rings is 1. The molecule has 2 nitrogen and oxygen atoms in total. The molecule has 100 valence electrons. The zero-order chi connectivity index (χ0) is 13.0. The van der Waals surface area contributed by atoms with Gasteiger partial charge in [0.1, 0.15) is 0 Å². The lowest BCUT2D eigenvalue weighted by atomic mass is 9.99. The van der Waals surface area contributed by atoms with E-state index in [0.29, 0.717) is 0 Å². The summed E-state index contributed by atoms with van der Waals surface area (Å²) in [6.07, 6.45) is 2.61. The molecule has 1 atom stereocenters. The average molecular weight is 267 g/mol. The first-order chi connectivity index (χ1) is 8.70. The fraction of sp³-hybridized carbons (Fsp3) is 0.600. The second kappa shape index (κ2) is 6.44. The third-order valence-electron chi connectivity index (χ3n) is 3.59. The Kier molecular flexibility index (Phi) is 4.90. The molecule has 1 heterocycles. The summed E-state index contributed by atoms with van der Waals surface area (Å²) in [4.78, 5) is 2.42. The van der Waals surface area contributed by atoms with E-state index < -0.39 is 0 Å². The molecule has 1 N–H and O–H groups in total. The quantitative estimate of drug-likeness (QED) is 0.894. The molecule has 0 aliphatic carbocycles. The van der Waals surface area contributed by atoms with E-state index >= 15 is 0 Å². The zero-order valence-electron chi connectivity index (χ0n) is 11.4. The van der Waals surface area contributed by atoms with E-state index in [2.05, 4.69) is 42.3 Å². The second-order valence-corrected chi connectivity index (χ2v) is 5.67. The topological polar surface area (TPSA) is 15.3 Å². The molecular formula is C15H23ClN2. The second-order valence-electron chi connectivity index (χ2n) is 5.26. The molecule has 0 amide bonds. The molecule has 1 aromatic rings. The summed E-state index contributed by atoms with van der Waals surface area (Å²) in [7, 11) is 0. The highest BCUT2D eigenvalue weighted by Crippen LogP contribution is 2.30. The van der Waals surface area contributed by atoms with Gasteiger partial charge >= 0.3 is 0 Å². The van der Waals surface area contributed by atoms with Crippen molar-refractivity contribution in [2.45, 2.75) is 33.2 Å². The van der Waals surface area contributed by atoms with E-state index in [1.807, 2.05) is 0 Å². The zero-order valence-corrected chi connectivity index (χ0v) is 12.1. The van der Waals surface area contributed by atoms with Gasteiger partial charge in [0.2, 0.25) is 0 Å². The molecule has 18 heavy (non-hydrogen) atoms. The van der Waals surface area contributed by atoms with Crippen molar-refractivity contribution in [1.29, 1.82) is 0 Å². The van der Waals surface area contributed by atoms with E-state index in [0.717, 1.165) is 37.1 Å². The van der Waals surface area contributed by atoms with Crippen molar-refractivity contribution >= 4 is 17.3 Å². The SMILES string of the molecule is CCNCc1ccc(N2CCCC(C)C2)c(Cl)c1. The number of hydrogen-bond acceptors (Lipinski definition) is 2. The standard InChI is InChI=1S/C15H23ClN2/c1-3-17-10-13-6-7-15(14(16)9-13)18-8-4-5-12(2)11-18/h6-7,9,12,17H,3-5,8,10-11H2,1-2H3. The van der Waals surface area contributed by atoms with Crippen LogP contribution in [0.5, 0.6) is 0 Å². The van der Waals surface area contributed by atoms with Crippen LogP contribution in [-0.2, 0) is 6.54 Å². The van der Waals surface area contributed by atoms with E-state index in [-0.39, 0.29) is 0 Å². The Morgan fingerprint density at radius 1 is 1.44 bits per heavy atom. The molecule has 1 aromatic carbocycles. The van der Waals surface area contributed by atoms with Crippen molar-refractivity contribution in [3.63, 3.8) is 0 Å². The molecule has 0 saturated carbocycles. The Labute approximate surface area is 115 Å². The largest absolute Gasteiger partial charge is 0.370 e. The molecule has 2 rings (SSSR count). The lowest BCUT2D eigenvalue weighted by molar-refractivity contribution is 0.447. The number of benzene rings is 1. The number of halogens is 1. The van der Waals surface area contributed by atoms with Gasteiger partial charge in [0.15, 0.2) is 0 Å². The number of hydrogen-bond donors (Lipinski definition) is 1. The molecule has 0 aromatic heterocycles. The highest BCUT2D eigenvalue weighted by Gasteiger charge is 2.18. The van der Waals surface area contributed by atoms with Gasteiger partial charge in [0.05, 0.1) is 10.7 Å². The van der Waals surface area contributed by atoms with Crippen LogP contribution in [0.3, 0.4) is 0 Å². The lowest BCUT2D eigenvalue weighted by Gasteiger charge is -2.33. The first kappa shape index (κ1) is 13.7. The number of rotatable bonds is 4. The first-order valence-corrected chi connectivity index (χ1v) is 7.32. The fourth-order valence-corrected chi connectivity index (χ4v) is 2.92. The van der Waals surface area contributed by atoms with Crippen LogP contribution in [0.4, 0.5) is 5.69 Å². The van der Waals surface area contributed by atoms with Gasteiger partial charge in [0, 0.05) is 19.6 Å². The normalized spacial score (nSPS) is 20.2. The van der Waals surface area contributed by atoms with Gasteiger partial charge in [0.25, 0.3) is 0 Å². The van der Waals surface area contributed by atoms with Crippen molar-refractivity contribution < 1.29 is 0 Å². The minimum atomic E-state index is 0.774. The Morgan fingerprint density at radius 3 is 2.94 bits per heavy atom. The predicted molar refractivity (Wildman–Crippen MR) is 79.4 cm³/mol. The van der Waals surface area contributed by atoms with Crippen LogP contribution in [-0.4, -0.2) is 19.6 Å². The summed E-state index contributed by atoms with van der Waals surface area (Å²) in [5, 5.41) is 4.21. The maximum absolute atomic E-state index is 6.42. The highest BCUT2D eigenvalue weighted by atomic mass is 35.5. The molecule has 0 radical (unpaired) electrons. The van der Waals surface area contributed by atoms with Crippen LogP contribution in [0.25, 0.3) is 0 Å². The number of anilines is 1. The van der Waals surface area contributed by atoms with Crippen molar-refractivity contribution in [2.75, 3.05) is 24.5 Å². The van der Waals surface area contributed by atoms with Gasteiger partial charge in [-0.25, -0.2) is 0 Å². The predicted octanol–water partition coefficient (Wildman–Crippen LogP) is 3.69. The van der Waals surface area contributed by atoms with Crippen LogP contribution in [0.15, 0.2) is 18.2 Å². The molecule has 3 heteroatoms. The van der Waals surface area contributed by atoms with Crippen LogP contribution >= 0.6 is 11.6 Å². The molecule has 0 spiro atoms. The minimum absolute atomic E-state index is 0.774. The van der Waals surface area contributed by atoms with Gasteiger partial charge in [-0.2, -0.15) is 0 Å². The van der Waals surface area contributed by atoms with Crippen molar-refractivity contribution in [3.8, 4) is 0 Å². The molecule has 1 aliphatic rings. The lowest BCUT2D eigenvalue weighted by Crippen LogP contribution is -2.34. The molecule has 1 aliphatic heterocycles. The maximum atomic E-state index is 6.42. The Balaban J connectivity index is 2.08. The third kappa shape index (κ3) is 3.39. The van der Waals surface area contributed by atoms with Crippen molar-refractivity contribution in [2.24, 2.45) is 5.92 Å². The summed E-state index contributed by atoms with van der Waals surface area (Å²) in [5.41, 5.74) is 2.46. The van der Waals surface area contributed by atoms with E-state index in [1.165, 1.54) is 24.1 Å². The first-order valence-electron chi connectivity index (χ1n) is 6.94. The van der Waals surface area contributed by atoms with Crippen LogP contribution in [0, 0.1) is 5.92 Å². The van der Waals surface area contributed by atoms with E-state index in [4.69, 9.17) is 11.6 Å². The molecular weight excluding hydrogens is 244 g/mol. The summed E-state index contributed by atoms with van der Waals surface area (Å²) >= 11 is 6.42. The van der Waals surface area contributed by atoms with Gasteiger partial charge in [-0.3, -0.25) is 0 Å². The summed E-state index contributed by atoms with van der Waals surface area (Å²) < 4.78 is 0. The summed E-state index contributed by atoms with van der Waals surface area (Å²) in [6.45, 7) is 8.59. The van der Waals surface area contributed by atoms with Crippen molar-refractivity contribution in [1.82, 2.24) is 5.32 Å². The molecule has 1 fully saturated rings. The molecule has 0 bridgehead atoms. The van der Waals surface area contributed by atoms with Crippen LogP contribution in [0.2, 0.25) is 5.02 Å². The third-order valence-corrected chi connectivity index (χ3v) is 3.89. The smallest absolute Gasteiger partial charge is 0.0642 e. The maximum Gasteiger partial charge on any atom is 0.0642 e. The summed E-state index contributed by atoms with van der Waals surface area (Å²) in [5.74, 6) is 0.774. The Hall–Kier alpha value is -0.730. The molecule has 1 saturated heterocycles. The highest BCUT2D eigenvalue weighted by molar-refractivity contribution is 6.33.